The first-order valence-electron chi connectivity index (χ1n) is 14.5. The molecule has 2 aromatic carbocycles. The molecule has 1 heterocycles. The van der Waals surface area contributed by atoms with Crippen LogP contribution in [-0.2, 0) is 28.8 Å². The lowest BCUT2D eigenvalue weighted by atomic mass is 9.76. The molecule has 2 aromatic rings. The Morgan fingerprint density at radius 3 is 2.19 bits per heavy atom. The van der Waals surface area contributed by atoms with E-state index in [1.165, 1.54) is 5.56 Å². The van der Waals surface area contributed by atoms with Crippen molar-refractivity contribution >= 4 is 52.7 Å². The number of nitrogens with zero attached hydrogens (tertiary/aromatic N) is 2. The molecule has 0 saturated carbocycles. The third kappa shape index (κ3) is 7.98. The number of benzene rings is 2. The Balaban J connectivity index is 1.16. The summed E-state index contributed by atoms with van der Waals surface area (Å²) >= 11 is 12.4. The number of unbranched alkanes of at least 4 members (excludes halogenated alkanes) is 3. The second-order valence-electron chi connectivity index (χ2n) is 11.0. The topological polar surface area (TPSA) is 101 Å². The van der Waals surface area contributed by atoms with Crippen molar-refractivity contribution in [1.82, 2.24) is 9.96 Å². The summed E-state index contributed by atoms with van der Waals surface area (Å²) in [4.78, 5) is 66.7. The van der Waals surface area contributed by atoms with Gasteiger partial charge in [0.15, 0.2) is 0 Å². The highest BCUT2D eigenvalue weighted by molar-refractivity contribution is 6.42. The van der Waals surface area contributed by atoms with Gasteiger partial charge in [-0.2, -0.15) is 0 Å². The average molecular weight is 616 g/mol. The van der Waals surface area contributed by atoms with Gasteiger partial charge in [0.1, 0.15) is 5.78 Å². The molecule has 0 aromatic heterocycles. The van der Waals surface area contributed by atoms with Gasteiger partial charge in [-0.1, -0.05) is 66.4 Å². The van der Waals surface area contributed by atoms with Gasteiger partial charge >= 0.3 is 5.97 Å². The molecule has 1 aliphatic carbocycles. The fraction of sp³-hybridized carbons (Fsp3) is 0.469. The standard InChI is InChI=1S/C32H36Cl2N2O6/c1-35(28-16-14-23(24-9-6-7-10-25(24)28)21-12-15-26(33)27(34)20-21)29(38)11-5-3-2-4-8-22(37)13-19-32(41)42-36-30(39)17-18-31(36)40/h6-7,9-10,12,15,20,23,28H,2-5,8,11,13-14,16-19H2,1H3/t23-,28-/m0/s1. The van der Waals surface area contributed by atoms with Gasteiger partial charge in [0, 0.05) is 45.1 Å². The molecule has 4 rings (SSSR count). The average Bonchev–Trinajstić information content (AvgIpc) is 3.30. The van der Waals surface area contributed by atoms with Gasteiger partial charge in [-0.25, -0.2) is 4.79 Å². The van der Waals surface area contributed by atoms with Crippen molar-refractivity contribution in [2.24, 2.45) is 0 Å². The molecular formula is C32H36Cl2N2O6. The fourth-order valence-electron chi connectivity index (χ4n) is 5.72. The molecule has 8 nitrogen and oxygen atoms in total. The van der Waals surface area contributed by atoms with E-state index < -0.39 is 17.8 Å². The molecule has 1 saturated heterocycles. The van der Waals surface area contributed by atoms with E-state index in [1.807, 2.05) is 42.3 Å². The first kappa shape index (κ1) is 31.7. The van der Waals surface area contributed by atoms with E-state index in [9.17, 15) is 24.0 Å². The van der Waals surface area contributed by atoms with Crippen LogP contribution >= 0.6 is 23.2 Å². The van der Waals surface area contributed by atoms with Crippen LogP contribution in [0.15, 0.2) is 42.5 Å². The number of amides is 3. The Labute approximate surface area is 256 Å². The van der Waals surface area contributed by atoms with Crippen molar-refractivity contribution in [3.05, 3.63) is 69.2 Å². The summed E-state index contributed by atoms with van der Waals surface area (Å²) in [7, 11) is 1.88. The van der Waals surface area contributed by atoms with Gasteiger partial charge in [0.05, 0.1) is 22.5 Å². The minimum Gasteiger partial charge on any atom is -0.339 e. The Kier molecular flexibility index (Phi) is 11.2. The maximum absolute atomic E-state index is 13.1. The summed E-state index contributed by atoms with van der Waals surface area (Å²) in [6.07, 6.45) is 5.47. The van der Waals surface area contributed by atoms with E-state index in [1.54, 1.807) is 0 Å². The predicted octanol–water partition coefficient (Wildman–Crippen LogP) is 6.72. The summed E-state index contributed by atoms with van der Waals surface area (Å²) in [6.45, 7) is 0. The maximum atomic E-state index is 13.1. The van der Waals surface area contributed by atoms with Crippen molar-refractivity contribution in [1.29, 1.82) is 0 Å². The monoisotopic (exact) mass is 614 g/mol. The fourth-order valence-corrected chi connectivity index (χ4v) is 6.03. The molecule has 0 N–H and O–H groups in total. The van der Waals surface area contributed by atoms with E-state index in [0.717, 1.165) is 43.2 Å². The molecule has 224 valence electrons. The van der Waals surface area contributed by atoms with Crippen molar-refractivity contribution in [2.75, 3.05) is 7.05 Å². The van der Waals surface area contributed by atoms with Crippen LogP contribution < -0.4 is 0 Å². The van der Waals surface area contributed by atoms with Crippen molar-refractivity contribution in [2.45, 2.75) is 89.0 Å². The normalized spacial score (nSPS) is 18.1. The largest absolute Gasteiger partial charge is 0.339 e. The smallest absolute Gasteiger partial charge is 0.333 e. The number of fused-ring (bicyclic) bond motifs is 1. The Morgan fingerprint density at radius 2 is 1.50 bits per heavy atom. The summed E-state index contributed by atoms with van der Waals surface area (Å²) in [5.74, 6) is -1.62. The number of carbonyl (C=O) groups is 5. The molecule has 0 radical (unpaired) electrons. The Hall–Kier alpha value is -3.23. The van der Waals surface area contributed by atoms with Gasteiger partial charge < -0.3 is 9.74 Å². The molecule has 1 aliphatic heterocycles. The van der Waals surface area contributed by atoms with E-state index in [4.69, 9.17) is 28.0 Å². The van der Waals surface area contributed by atoms with Crippen LogP contribution in [0.3, 0.4) is 0 Å². The highest BCUT2D eigenvalue weighted by Gasteiger charge is 2.33. The molecule has 0 spiro atoms. The minimum absolute atomic E-state index is 0.00706. The zero-order chi connectivity index (χ0) is 30.2. The number of halogens is 2. The van der Waals surface area contributed by atoms with Crippen LogP contribution in [-0.4, -0.2) is 46.5 Å². The van der Waals surface area contributed by atoms with Crippen LogP contribution in [0.5, 0.6) is 0 Å². The Morgan fingerprint density at radius 1 is 0.833 bits per heavy atom. The maximum Gasteiger partial charge on any atom is 0.333 e. The lowest BCUT2D eigenvalue weighted by molar-refractivity contribution is -0.197. The van der Waals surface area contributed by atoms with Crippen LogP contribution in [0.25, 0.3) is 0 Å². The molecular weight excluding hydrogens is 579 g/mol. The lowest BCUT2D eigenvalue weighted by Gasteiger charge is -2.37. The number of hydrogen-bond acceptors (Lipinski definition) is 6. The number of hydrogen-bond donors (Lipinski definition) is 0. The van der Waals surface area contributed by atoms with Crippen LogP contribution in [0, 0.1) is 0 Å². The molecule has 2 atom stereocenters. The molecule has 2 aliphatic rings. The molecule has 10 heteroatoms. The third-order valence-corrected chi connectivity index (χ3v) is 8.81. The van der Waals surface area contributed by atoms with Crippen LogP contribution in [0.2, 0.25) is 10.0 Å². The zero-order valence-electron chi connectivity index (χ0n) is 23.8. The Bertz CT molecular complexity index is 1330. The zero-order valence-corrected chi connectivity index (χ0v) is 25.3. The van der Waals surface area contributed by atoms with Crippen molar-refractivity contribution in [3.63, 3.8) is 0 Å². The lowest BCUT2D eigenvalue weighted by Crippen LogP contribution is -2.34. The van der Waals surface area contributed by atoms with Gasteiger partial charge in [0.2, 0.25) is 5.91 Å². The number of rotatable bonds is 13. The van der Waals surface area contributed by atoms with E-state index in [-0.39, 0.29) is 49.3 Å². The SMILES string of the molecule is CN(C(=O)CCCCCCC(=O)CCC(=O)ON1C(=O)CCC1=O)[C@H]1CC[C@@H](c2ccc(Cl)c(Cl)c2)c2ccccc21. The van der Waals surface area contributed by atoms with E-state index in [2.05, 4.69) is 12.1 Å². The van der Waals surface area contributed by atoms with E-state index in [0.29, 0.717) is 34.4 Å². The molecule has 3 amide bonds. The number of ketones is 1. The highest BCUT2D eigenvalue weighted by atomic mass is 35.5. The summed E-state index contributed by atoms with van der Waals surface area (Å²) < 4.78 is 0. The van der Waals surface area contributed by atoms with Gasteiger partial charge in [0.25, 0.3) is 11.8 Å². The number of imide groups is 1. The molecule has 0 unspecified atom stereocenters. The summed E-state index contributed by atoms with van der Waals surface area (Å²) in [6, 6.07) is 14.1. The van der Waals surface area contributed by atoms with Gasteiger partial charge in [-0.05, 0) is 54.5 Å². The first-order valence-corrected chi connectivity index (χ1v) is 15.3. The van der Waals surface area contributed by atoms with Crippen LogP contribution in [0.1, 0.15) is 106 Å². The number of carbonyl (C=O) groups excluding carboxylic acids is 5. The van der Waals surface area contributed by atoms with Gasteiger partial charge in [-0.15, -0.1) is 5.06 Å². The summed E-state index contributed by atoms with van der Waals surface area (Å²) in [5.41, 5.74) is 3.50. The van der Waals surface area contributed by atoms with E-state index >= 15 is 0 Å². The minimum atomic E-state index is -0.764. The van der Waals surface area contributed by atoms with Crippen molar-refractivity contribution in [3.8, 4) is 0 Å². The molecule has 0 bridgehead atoms. The quantitative estimate of drug-likeness (QED) is 0.183. The van der Waals surface area contributed by atoms with Crippen molar-refractivity contribution < 1.29 is 28.8 Å². The predicted molar refractivity (Wildman–Crippen MR) is 159 cm³/mol. The van der Waals surface area contributed by atoms with Gasteiger partial charge in [-0.3, -0.25) is 19.2 Å². The number of hydroxylamine groups is 2. The van der Waals surface area contributed by atoms with Crippen LogP contribution in [0.4, 0.5) is 0 Å². The summed E-state index contributed by atoms with van der Waals surface area (Å²) in [5, 5.41) is 1.57. The number of Topliss-reactive ketones (excluding diaryl/α,β-unsaturated/α-hetero) is 1. The first-order chi connectivity index (χ1) is 20.2. The second-order valence-corrected chi connectivity index (χ2v) is 11.8. The molecule has 42 heavy (non-hydrogen) atoms. The highest BCUT2D eigenvalue weighted by Crippen LogP contribution is 2.44. The molecule has 1 fully saturated rings. The second kappa shape index (κ2) is 14.8. The third-order valence-electron chi connectivity index (χ3n) is 8.07.